The Morgan fingerprint density at radius 2 is 1.67 bits per heavy atom. The van der Waals surface area contributed by atoms with Crippen LogP contribution in [0.3, 0.4) is 0 Å². The third-order valence-corrected chi connectivity index (χ3v) is 8.94. The normalized spacial score (nSPS) is 13.7. The van der Waals surface area contributed by atoms with Gasteiger partial charge in [0, 0.05) is 30.6 Å². The fraction of sp³-hybridized carbons (Fsp3) is 0.355. The Bertz CT molecular complexity index is 1500. The SMILES string of the molecule is CC[C@@H](C)NC(=O)[C@@H](Cc1ccccc1)N(Cc1ccccc1F)C(=O)CN(c1ccc2c(c1)OCO2)S(=O)(=O)CC. The molecule has 1 N–H and O–H groups in total. The average Bonchev–Trinajstić information content (AvgIpc) is 3.46. The standard InChI is InChI=1S/C31H36FN3O6S/c1-4-22(3)33-31(37)27(17-23-11-7-6-8-12-23)34(19-24-13-9-10-14-26(24)32)30(36)20-35(42(38,39)5-2)25-15-16-28-29(18-25)41-21-40-28/h6-16,18,22,27H,4-5,17,19-21H2,1-3H3,(H,33,37)/t22-,27-/m1/s1. The van der Waals surface area contributed by atoms with Gasteiger partial charge in [-0.1, -0.05) is 55.5 Å². The first-order valence-electron chi connectivity index (χ1n) is 13.9. The minimum absolute atomic E-state index is 0.00111. The number of benzene rings is 3. The summed E-state index contributed by atoms with van der Waals surface area (Å²) >= 11 is 0. The van der Waals surface area contributed by atoms with E-state index in [0.29, 0.717) is 17.9 Å². The van der Waals surface area contributed by atoms with Crippen molar-refractivity contribution in [3.05, 3.63) is 89.7 Å². The van der Waals surface area contributed by atoms with Gasteiger partial charge in [-0.3, -0.25) is 13.9 Å². The van der Waals surface area contributed by atoms with Crippen molar-refractivity contribution in [2.24, 2.45) is 0 Å². The molecule has 1 aliphatic heterocycles. The lowest BCUT2D eigenvalue weighted by atomic mass is 10.0. The summed E-state index contributed by atoms with van der Waals surface area (Å²) in [5.41, 5.74) is 1.21. The topological polar surface area (TPSA) is 105 Å². The minimum Gasteiger partial charge on any atom is -0.454 e. The van der Waals surface area contributed by atoms with Crippen LogP contribution >= 0.6 is 0 Å². The molecule has 1 heterocycles. The molecule has 42 heavy (non-hydrogen) atoms. The number of hydrogen-bond acceptors (Lipinski definition) is 6. The maximum absolute atomic E-state index is 14.9. The van der Waals surface area contributed by atoms with E-state index < -0.39 is 40.2 Å². The Morgan fingerprint density at radius 1 is 0.976 bits per heavy atom. The van der Waals surface area contributed by atoms with Crippen LogP contribution in [0, 0.1) is 5.82 Å². The van der Waals surface area contributed by atoms with Crippen molar-refractivity contribution in [2.75, 3.05) is 23.4 Å². The maximum atomic E-state index is 14.9. The average molecular weight is 598 g/mol. The Labute approximate surface area is 246 Å². The molecule has 0 aromatic heterocycles. The van der Waals surface area contributed by atoms with Crippen LogP contribution < -0.4 is 19.1 Å². The fourth-order valence-electron chi connectivity index (χ4n) is 4.57. The molecule has 0 unspecified atom stereocenters. The van der Waals surface area contributed by atoms with E-state index in [1.807, 2.05) is 44.2 Å². The summed E-state index contributed by atoms with van der Waals surface area (Å²) in [6, 6.07) is 18.6. The molecule has 3 aromatic rings. The molecule has 0 radical (unpaired) electrons. The summed E-state index contributed by atoms with van der Waals surface area (Å²) in [7, 11) is -3.95. The van der Waals surface area contributed by atoms with E-state index >= 15 is 0 Å². The molecule has 0 aliphatic carbocycles. The number of hydrogen-bond donors (Lipinski definition) is 1. The molecule has 0 spiro atoms. The van der Waals surface area contributed by atoms with Crippen molar-refractivity contribution in [3.63, 3.8) is 0 Å². The summed E-state index contributed by atoms with van der Waals surface area (Å²) in [4.78, 5) is 29.2. The van der Waals surface area contributed by atoms with E-state index in [1.54, 1.807) is 18.2 Å². The predicted molar refractivity (Wildman–Crippen MR) is 158 cm³/mol. The molecule has 4 rings (SSSR count). The van der Waals surface area contributed by atoms with Gasteiger partial charge >= 0.3 is 0 Å². The quantitative estimate of drug-likeness (QED) is 0.316. The van der Waals surface area contributed by atoms with Crippen molar-refractivity contribution in [1.82, 2.24) is 10.2 Å². The molecular formula is C31H36FN3O6S. The van der Waals surface area contributed by atoms with E-state index in [0.717, 1.165) is 9.87 Å². The largest absolute Gasteiger partial charge is 0.454 e. The number of ether oxygens (including phenoxy) is 2. The highest BCUT2D eigenvalue weighted by Gasteiger charge is 2.34. The molecule has 3 aromatic carbocycles. The van der Waals surface area contributed by atoms with E-state index in [1.165, 1.54) is 36.1 Å². The van der Waals surface area contributed by atoms with E-state index in [2.05, 4.69) is 5.32 Å². The number of sulfonamides is 1. The lowest BCUT2D eigenvalue weighted by molar-refractivity contribution is -0.140. The van der Waals surface area contributed by atoms with Crippen molar-refractivity contribution in [3.8, 4) is 11.5 Å². The van der Waals surface area contributed by atoms with Crippen LogP contribution in [0.1, 0.15) is 38.3 Å². The predicted octanol–water partition coefficient (Wildman–Crippen LogP) is 4.27. The minimum atomic E-state index is -3.95. The highest BCUT2D eigenvalue weighted by molar-refractivity contribution is 7.92. The van der Waals surface area contributed by atoms with Crippen LogP contribution in [0.5, 0.6) is 11.5 Å². The lowest BCUT2D eigenvalue weighted by Crippen LogP contribution is -2.54. The maximum Gasteiger partial charge on any atom is 0.244 e. The number of nitrogens with zero attached hydrogens (tertiary/aromatic N) is 2. The van der Waals surface area contributed by atoms with Crippen molar-refractivity contribution < 1.29 is 31.9 Å². The first-order valence-corrected chi connectivity index (χ1v) is 15.5. The monoisotopic (exact) mass is 597 g/mol. The van der Waals surface area contributed by atoms with E-state index in [9.17, 15) is 22.4 Å². The molecule has 0 fully saturated rings. The van der Waals surface area contributed by atoms with Crippen LogP contribution in [-0.2, 0) is 32.6 Å². The van der Waals surface area contributed by atoms with E-state index in [4.69, 9.17) is 9.47 Å². The molecule has 2 amide bonds. The van der Waals surface area contributed by atoms with Gasteiger partial charge in [-0.25, -0.2) is 12.8 Å². The third-order valence-electron chi connectivity index (χ3n) is 7.19. The molecule has 0 saturated heterocycles. The summed E-state index contributed by atoms with van der Waals surface area (Å²) in [6.07, 6.45) is 0.811. The molecule has 0 bridgehead atoms. The van der Waals surface area contributed by atoms with Crippen LogP contribution in [0.4, 0.5) is 10.1 Å². The zero-order chi connectivity index (χ0) is 30.3. The second-order valence-electron chi connectivity index (χ2n) is 10.1. The fourth-order valence-corrected chi connectivity index (χ4v) is 5.62. The summed E-state index contributed by atoms with van der Waals surface area (Å²) in [5.74, 6) is -1.06. The smallest absolute Gasteiger partial charge is 0.244 e. The zero-order valence-corrected chi connectivity index (χ0v) is 24.8. The Morgan fingerprint density at radius 3 is 2.36 bits per heavy atom. The summed E-state index contributed by atoms with van der Waals surface area (Å²) in [5, 5.41) is 2.95. The molecule has 9 nitrogen and oxygen atoms in total. The molecule has 11 heteroatoms. The van der Waals surface area contributed by atoms with Crippen molar-refractivity contribution in [2.45, 2.75) is 52.2 Å². The lowest BCUT2D eigenvalue weighted by Gasteiger charge is -2.34. The third kappa shape index (κ3) is 7.39. The Kier molecular flexibility index (Phi) is 10.1. The number of carbonyl (C=O) groups is 2. The number of nitrogens with one attached hydrogen (secondary N) is 1. The second kappa shape index (κ2) is 13.7. The Hall–Kier alpha value is -4.12. The van der Waals surface area contributed by atoms with Gasteiger partial charge in [-0.15, -0.1) is 0 Å². The molecule has 224 valence electrons. The summed E-state index contributed by atoms with van der Waals surface area (Å²) in [6.45, 7) is 4.42. The number of rotatable bonds is 13. The number of halogens is 1. The van der Waals surface area contributed by atoms with Crippen LogP contribution in [-0.4, -0.2) is 56.3 Å². The first-order chi connectivity index (χ1) is 20.1. The molecular weight excluding hydrogens is 561 g/mol. The van der Waals surface area contributed by atoms with Crippen molar-refractivity contribution >= 4 is 27.5 Å². The second-order valence-corrected chi connectivity index (χ2v) is 12.3. The van der Waals surface area contributed by atoms with Crippen molar-refractivity contribution in [1.29, 1.82) is 0 Å². The van der Waals surface area contributed by atoms with Gasteiger partial charge in [-0.2, -0.15) is 0 Å². The Balaban J connectivity index is 1.76. The first kappa shape index (κ1) is 30.8. The van der Waals surface area contributed by atoms with Gasteiger partial charge in [-0.05, 0) is 44.0 Å². The molecule has 0 saturated carbocycles. The number of anilines is 1. The van der Waals surface area contributed by atoms with Crippen LogP contribution in [0.15, 0.2) is 72.8 Å². The molecule has 1 aliphatic rings. The summed E-state index contributed by atoms with van der Waals surface area (Å²) < 4.78 is 53.3. The number of fused-ring (bicyclic) bond motifs is 1. The van der Waals surface area contributed by atoms with Gasteiger partial charge in [0.25, 0.3) is 0 Å². The highest BCUT2D eigenvalue weighted by atomic mass is 32.2. The molecule has 2 atom stereocenters. The number of carbonyl (C=O) groups excluding carboxylic acids is 2. The van der Waals surface area contributed by atoms with Gasteiger partial charge in [0.1, 0.15) is 18.4 Å². The van der Waals surface area contributed by atoms with E-state index in [-0.39, 0.29) is 42.8 Å². The van der Waals surface area contributed by atoms with Gasteiger partial charge in [0.2, 0.25) is 28.6 Å². The highest BCUT2D eigenvalue weighted by Crippen LogP contribution is 2.36. The van der Waals surface area contributed by atoms with Gasteiger partial charge < -0.3 is 19.7 Å². The number of amides is 2. The zero-order valence-electron chi connectivity index (χ0n) is 24.0. The van der Waals surface area contributed by atoms with Gasteiger partial charge in [0.15, 0.2) is 11.5 Å². The van der Waals surface area contributed by atoms with Gasteiger partial charge in [0.05, 0.1) is 11.4 Å². The van der Waals surface area contributed by atoms with Crippen LogP contribution in [0.2, 0.25) is 0 Å². The van der Waals surface area contributed by atoms with Crippen LogP contribution in [0.25, 0.3) is 0 Å².